The summed E-state index contributed by atoms with van der Waals surface area (Å²) in [6.07, 6.45) is 9.04. The number of hydrogen-bond donors (Lipinski definition) is 0. The summed E-state index contributed by atoms with van der Waals surface area (Å²) >= 11 is 0. The zero-order valence-electron chi connectivity index (χ0n) is 17.3. The first-order valence-corrected chi connectivity index (χ1v) is 12.0. The van der Waals surface area contributed by atoms with Crippen molar-refractivity contribution in [3.8, 4) is 16.9 Å². The molecule has 0 radical (unpaired) electrons. The molecule has 7 nitrogen and oxygen atoms in total. The molecule has 1 fully saturated rings. The third-order valence-corrected chi connectivity index (χ3v) is 7.13. The number of amides is 1. The van der Waals surface area contributed by atoms with Gasteiger partial charge in [-0.1, -0.05) is 18.2 Å². The lowest BCUT2D eigenvalue weighted by Gasteiger charge is -2.25. The molecule has 4 rings (SSSR count). The normalized spacial score (nSPS) is 17.8. The quantitative estimate of drug-likeness (QED) is 0.555. The Balaban J connectivity index is 1.64. The van der Waals surface area contributed by atoms with Crippen LogP contribution in [0.1, 0.15) is 18.9 Å². The van der Waals surface area contributed by atoms with Gasteiger partial charge in [-0.3, -0.25) is 9.78 Å². The highest BCUT2D eigenvalue weighted by molar-refractivity contribution is 7.91. The summed E-state index contributed by atoms with van der Waals surface area (Å²) in [6, 6.07) is 13.2. The minimum atomic E-state index is -3.06. The van der Waals surface area contributed by atoms with E-state index in [1.54, 1.807) is 28.1 Å². The number of carbonyl (C=O) groups excluding carboxylic acids is 1. The number of aromatic nitrogens is 3. The van der Waals surface area contributed by atoms with Crippen LogP contribution in [0.2, 0.25) is 0 Å². The maximum Gasteiger partial charge on any atom is 0.246 e. The van der Waals surface area contributed by atoms with Crippen molar-refractivity contribution in [1.82, 2.24) is 19.7 Å². The van der Waals surface area contributed by atoms with Crippen LogP contribution in [-0.2, 0) is 14.6 Å². The third-order valence-electron chi connectivity index (χ3n) is 5.38. The number of pyridine rings is 1. The maximum absolute atomic E-state index is 12.9. The number of rotatable bonds is 6. The van der Waals surface area contributed by atoms with E-state index in [1.165, 1.54) is 6.08 Å². The summed E-state index contributed by atoms with van der Waals surface area (Å²) in [6.45, 7) is 2.33. The molecule has 1 aromatic carbocycles. The van der Waals surface area contributed by atoms with Crippen molar-refractivity contribution in [2.75, 3.05) is 18.1 Å². The summed E-state index contributed by atoms with van der Waals surface area (Å²) in [5.74, 6) is -0.0258. The first kappa shape index (κ1) is 21.0. The number of carbonyl (C=O) groups is 1. The van der Waals surface area contributed by atoms with Gasteiger partial charge < -0.3 is 4.90 Å². The Kier molecular flexibility index (Phi) is 5.99. The largest absolute Gasteiger partial charge is 0.335 e. The number of sulfone groups is 1. The fraction of sp³-hybridized carbons (Fsp3) is 0.261. The summed E-state index contributed by atoms with van der Waals surface area (Å²) < 4.78 is 25.4. The highest BCUT2D eigenvalue weighted by Crippen LogP contribution is 2.25. The van der Waals surface area contributed by atoms with Gasteiger partial charge in [0.05, 0.1) is 17.2 Å². The maximum atomic E-state index is 12.9. The van der Waals surface area contributed by atoms with Crippen LogP contribution in [0.4, 0.5) is 0 Å². The number of benzene rings is 1. The van der Waals surface area contributed by atoms with Crippen molar-refractivity contribution in [3.63, 3.8) is 0 Å². The molecule has 1 aliphatic rings. The fourth-order valence-electron chi connectivity index (χ4n) is 3.82. The highest BCUT2D eigenvalue weighted by atomic mass is 32.2. The Hall–Kier alpha value is -3.26. The lowest BCUT2D eigenvalue weighted by atomic mass is 10.1. The predicted octanol–water partition coefficient (Wildman–Crippen LogP) is 2.98. The van der Waals surface area contributed by atoms with Gasteiger partial charge in [-0.25, -0.2) is 13.1 Å². The van der Waals surface area contributed by atoms with E-state index in [0.717, 1.165) is 16.8 Å². The molecule has 1 amide bonds. The van der Waals surface area contributed by atoms with Gasteiger partial charge in [-0.15, -0.1) is 0 Å². The molecule has 0 bridgehead atoms. The van der Waals surface area contributed by atoms with Gasteiger partial charge in [0.2, 0.25) is 5.91 Å². The topological polar surface area (TPSA) is 85.2 Å². The van der Waals surface area contributed by atoms with Crippen LogP contribution in [0.25, 0.3) is 23.0 Å². The van der Waals surface area contributed by atoms with E-state index in [4.69, 9.17) is 5.10 Å². The first-order chi connectivity index (χ1) is 15.0. The lowest BCUT2D eigenvalue weighted by molar-refractivity contribution is -0.127. The lowest BCUT2D eigenvalue weighted by Crippen LogP contribution is -2.40. The Morgan fingerprint density at radius 2 is 2.03 bits per heavy atom. The molecule has 1 saturated heterocycles. The number of likely N-dealkylation sites (N-methyl/N-ethyl adjacent to an activating group) is 1. The van der Waals surface area contributed by atoms with Gasteiger partial charge in [-0.05, 0) is 43.7 Å². The Morgan fingerprint density at radius 3 is 2.68 bits per heavy atom. The van der Waals surface area contributed by atoms with Crippen molar-refractivity contribution in [3.05, 3.63) is 72.7 Å². The van der Waals surface area contributed by atoms with Crippen LogP contribution >= 0.6 is 0 Å². The Labute approximate surface area is 182 Å². The molecule has 1 aliphatic heterocycles. The monoisotopic (exact) mass is 436 g/mol. The molecule has 160 valence electrons. The average Bonchev–Trinajstić information content (AvgIpc) is 3.37. The number of nitrogens with zero attached hydrogens (tertiary/aromatic N) is 4. The molecule has 0 spiro atoms. The van der Waals surface area contributed by atoms with Crippen LogP contribution in [-0.4, -0.2) is 58.1 Å². The summed E-state index contributed by atoms with van der Waals surface area (Å²) in [7, 11) is -3.06. The zero-order valence-corrected chi connectivity index (χ0v) is 18.1. The second-order valence-electron chi connectivity index (χ2n) is 7.47. The smallest absolute Gasteiger partial charge is 0.246 e. The van der Waals surface area contributed by atoms with Crippen LogP contribution in [0.5, 0.6) is 0 Å². The van der Waals surface area contributed by atoms with Gasteiger partial charge in [0.15, 0.2) is 9.84 Å². The summed E-state index contributed by atoms with van der Waals surface area (Å²) in [5, 5.41) is 4.71. The van der Waals surface area contributed by atoms with E-state index < -0.39 is 9.84 Å². The predicted molar refractivity (Wildman–Crippen MR) is 120 cm³/mol. The van der Waals surface area contributed by atoms with Gasteiger partial charge in [-0.2, -0.15) is 5.10 Å². The zero-order chi connectivity index (χ0) is 21.8. The van der Waals surface area contributed by atoms with E-state index >= 15 is 0 Å². The van der Waals surface area contributed by atoms with Crippen LogP contribution in [0, 0.1) is 0 Å². The molecule has 8 heteroatoms. The molecule has 2 aromatic heterocycles. The molecule has 3 aromatic rings. The SMILES string of the molecule is CCN(C(=O)/C=C/c1cn(-c2ccccc2)nc1-c1cccnc1)C1CCS(=O)(=O)C1. The second kappa shape index (κ2) is 8.85. The molecular weight excluding hydrogens is 412 g/mol. The first-order valence-electron chi connectivity index (χ1n) is 10.2. The van der Waals surface area contributed by atoms with Gasteiger partial charge >= 0.3 is 0 Å². The van der Waals surface area contributed by atoms with Crippen molar-refractivity contribution in [1.29, 1.82) is 0 Å². The summed E-state index contributed by atoms with van der Waals surface area (Å²) in [4.78, 5) is 18.7. The van der Waals surface area contributed by atoms with E-state index in [0.29, 0.717) is 18.7 Å². The van der Waals surface area contributed by atoms with Crippen LogP contribution in [0.3, 0.4) is 0 Å². The average molecular weight is 437 g/mol. The summed E-state index contributed by atoms with van der Waals surface area (Å²) in [5.41, 5.74) is 3.25. The van der Waals surface area contributed by atoms with Crippen molar-refractivity contribution in [2.24, 2.45) is 0 Å². The van der Waals surface area contributed by atoms with Gasteiger partial charge in [0.25, 0.3) is 0 Å². The van der Waals surface area contributed by atoms with Crippen LogP contribution in [0.15, 0.2) is 67.1 Å². The second-order valence-corrected chi connectivity index (χ2v) is 9.70. The molecular formula is C23H24N4O3S. The van der Waals surface area contributed by atoms with E-state index in [-0.39, 0.29) is 23.5 Å². The number of hydrogen-bond acceptors (Lipinski definition) is 5. The molecule has 31 heavy (non-hydrogen) atoms. The van der Waals surface area contributed by atoms with Gasteiger partial charge in [0.1, 0.15) is 5.69 Å². The third kappa shape index (κ3) is 4.74. The van der Waals surface area contributed by atoms with Gasteiger partial charge in [0, 0.05) is 48.4 Å². The molecule has 1 unspecified atom stereocenters. The van der Waals surface area contributed by atoms with Crippen molar-refractivity contribution in [2.45, 2.75) is 19.4 Å². The van der Waals surface area contributed by atoms with Crippen molar-refractivity contribution < 1.29 is 13.2 Å². The standard InChI is InChI=1S/C23H24N4O3S/c1-2-26(21-12-14-31(29,30)17-21)22(28)11-10-19-16-27(20-8-4-3-5-9-20)25-23(19)18-7-6-13-24-15-18/h3-11,13,15-16,21H,2,12,14,17H2,1H3/b11-10+. The molecule has 1 atom stereocenters. The Morgan fingerprint density at radius 1 is 1.23 bits per heavy atom. The van der Waals surface area contributed by atoms with Crippen molar-refractivity contribution >= 4 is 21.8 Å². The minimum absolute atomic E-state index is 0.0350. The van der Waals surface area contributed by atoms with E-state index in [9.17, 15) is 13.2 Å². The molecule has 3 heterocycles. The Bertz CT molecular complexity index is 1190. The molecule has 0 aliphatic carbocycles. The minimum Gasteiger partial charge on any atom is -0.335 e. The highest BCUT2D eigenvalue weighted by Gasteiger charge is 2.33. The fourth-order valence-corrected chi connectivity index (χ4v) is 5.55. The molecule has 0 saturated carbocycles. The number of para-hydroxylation sites is 1. The van der Waals surface area contributed by atoms with Crippen LogP contribution < -0.4 is 0 Å². The van der Waals surface area contributed by atoms with E-state index in [1.807, 2.05) is 55.6 Å². The molecule has 0 N–H and O–H groups in total. The van der Waals surface area contributed by atoms with E-state index in [2.05, 4.69) is 4.98 Å².